The first kappa shape index (κ1) is 17.7. The van der Waals surface area contributed by atoms with Crippen LogP contribution in [0, 0.1) is 35.0 Å². The topological polar surface area (TPSA) is 63.6 Å². The van der Waals surface area contributed by atoms with E-state index in [-0.39, 0.29) is 23.2 Å². The lowest BCUT2D eigenvalue weighted by molar-refractivity contribution is -0.135. The minimum atomic E-state index is -0.655. The fourth-order valence-electron chi connectivity index (χ4n) is 7.58. The van der Waals surface area contributed by atoms with Crippen LogP contribution < -0.4 is 0 Å². The van der Waals surface area contributed by atoms with Crippen molar-refractivity contribution in [2.45, 2.75) is 63.9 Å². The summed E-state index contributed by atoms with van der Waals surface area (Å²) in [7, 11) is 0. The zero-order valence-electron chi connectivity index (χ0n) is 16.2. The predicted molar refractivity (Wildman–Crippen MR) is 101 cm³/mol. The Bertz CT molecular complexity index is 751. The summed E-state index contributed by atoms with van der Waals surface area (Å²) < 4.78 is 5.13. The van der Waals surface area contributed by atoms with Crippen molar-refractivity contribution in [2.75, 3.05) is 6.61 Å². The molecule has 4 aliphatic carbocycles. The maximum Gasteiger partial charge on any atom is 0.331 e. The lowest BCUT2D eigenvalue weighted by atomic mass is 9.52. The van der Waals surface area contributed by atoms with Gasteiger partial charge in [0.1, 0.15) is 12.4 Å². The van der Waals surface area contributed by atoms with E-state index >= 15 is 0 Å². The van der Waals surface area contributed by atoms with Gasteiger partial charge in [0.15, 0.2) is 0 Å². The van der Waals surface area contributed by atoms with Gasteiger partial charge in [0.05, 0.1) is 5.60 Å². The SMILES string of the molecule is C=C1C(C2=CC(=O)OC2)CCC2(O)C1CC1C2CCC2CC(=O)CCC21C. The third kappa shape index (κ3) is 2.38. The van der Waals surface area contributed by atoms with Crippen LogP contribution in [0.25, 0.3) is 0 Å². The molecule has 4 heteroatoms. The Hall–Kier alpha value is -1.42. The van der Waals surface area contributed by atoms with Crippen molar-refractivity contribution in [3.63, 3.8) is 0 Å². The van der Waals surface area contributed by atoms with E-state index in [1.165, 1.54) is 0 Å². The summed E-state index contributed by atoms with van der Waals surface area (Å²) in [6.07, 6.45) is 8.78. The Morgan fingerprint density at radius 2 is 2.00 bits per heavy atom. The van der Waals surface area contributed by atoms with Crippen molar-refractivity contribution in [2.24, 2.45) is 35.0 Å². The van der Waals surface area contributed by atoms with Crippen LogP contribution in [0.3, 0.4) is 0 Å². The maximum absolute atomic E-state index is 12.0. The van der Waals surface area contributed by atoms with Gasteiger partial charge in [-0.25, -0.2) is 4.79 Å². The average molecular weight is 370 g/mol. The highest BCUT2D eigenvalue weighted by atomic mass is 16.5. The number of carbonyl (C=O) groups is 2. The molecule has 0 radical (unpaired) electrons. The van der Waals surface area contributed by atoms with Crippen molar-refractivity contribution < 1.29 is 19.4 Å². The summed E-state index contributed by atoms with van der Waals surface area (Å²) in [5, 5.41) is 11.8. The van der Waals surface area contributed by atoms with Gasteiger partial charge in [0.2, 0.25) is 0 Å². The molecule has 0 bridgehead atoms. The Labute approximate surface area is 161 Å². The first-order valence-corrected chi connectivity index (χ1v) is 10.6. The number of Topliss-reactive ketones (excluding diaryl/α,β-unsaturated/α-hetero) is 1. The van der Waals surface area contributed by atoms with Crippen molar-refractivity contribution in [1.29, 1.82) is 0 Å². The number of cyclic esters (lactones) is 1. The van der Waals surface area contributed by atoms with Crippen LogP contribution in [0.15, 0.2) is 23.8 Å². The molecule has 1 heterocycles. The third-order valence-electron chi connectivity index (χ3n) is 9.10. The zero-order valence-corrected chi connectivity index (χ0v) is 16.2. The standard InChI is InChI=1S/C23H30O4/c1-13-17(14-9-21(25)27-12-14)6-8-23(26)18-4-3-15-10-16(24)5-7-22(15,2)20(18)11-19(13)23/h9,15,17-20,26H,1,3-8,10-12H2,2H3. The van der Waals surface area contributed by atoms with Gasteiger partial charge in [-0.2, -0.15) is 0 Å². The molecule has 0 saturated heterocycles. The zero-order chi connectivity index (χ0) is 19.0. The normalized spacial score (nSPS) is 49.2. The Morgan fingerprint density at radius 3 is 2.74 bits per heavy atom. The van der Waals surface area contributed by atoms with Gasteiger partial charge in [-0.05, 0) is 67.3 Å². The van der Waals surface area contributed by atoms with Crippen LogP contribution in [0.2, 0.25) is 0 Å². The van der Waals surface area contributed by atoms with E-state index in [0.29, 0.717) is 36.6 Å². The van der Waals surface area contributed by atoms with Gasteiger partial charge in [0.25, 0.3) is 0 Å². The molecule has 4 saturated carbocycles. The fourth-order valence-corrected chi connectivity index (χ4v) is 7.58. The van der Waals surface area contributed by atoms with Gasteiger partial charge in [0, 0.05) is 30.8 Å². The maximum atomic E-state index is 12.0. The number of aliphatic hydroxyl groups is 1. The van der Waals surface area contributed by atoms with Crippen molar-refractivity contribution in [3.8, 4) is 0 Å². The van der Waals surface area contributed by atoms with Crippen LogP contribution in [0.4, 0.5) is 0 Å². The number of hydrogen-bond donors (Lipinski definition) is 1. The highest BCUT2D eigenvalue weighted by molar-refractivity contribution is 5.85. The Kier molecular flexibility index (Phi) is 3.79. The van der Waals surface area contributed by atoms with Crippen LogP contribution in [0.5, 0.6) is 0 Å². The minimum absolute atomic E-state index is 0.107. The summed E-state index contributed by atoms with van der Waals surface area (Å²) in [4.78, 5) is 23.5. The lowest BCUT2D eigenvalue weighted by Gasteiger charge is -2.53. The molecular weight excluding hydrogens is 340 g/mol. The number of rotatable bonds is 1. The smallest absolute Gasteiger partial charge is 0.331 e. The summed E-state index contributed by atoms with van der Waals surface area (Å²) in [5.74, 6) is 1.73. The molecule has 4 fully saturated rings. The second-order valence-corrected chi connectivity index (χ2v) is 10.0. The molecule has 0 aromatic rings. The Balaban J connectivity index is 1.45. The van der Waals surface area contributed by atoms with Crippen molar-refractivity contribution >= 4 is 11.8 Å². The highest BCUT2D eigenvalue weighted by Gasteiger charge is 2.64. The second kappa shape index (κ2) is 5.79. The molecule has 7 atom stereocenters. The number of esters is 1. The summed E-state index contributed by atoms with van der Waals surface area (Å²) >= 11 is 0. The minimum Gasteiger partial charge on any atom is -0.458 e. The third-order valence-corrected chi connectivity index (χ3v) is 9.10. The number of ether oxygens (including phenoxy) is 1. The van der Waals surface area contributed by atoms with Crippen LogP contribution in [-0.2, 0) is 14.3 Å². The number of ketones is 1. The van der Waals surface area contributed by atoms with Crippen LogP contribution in [-0.4, -0.2) is 29.1 Å². The number of hydrogen-bond acceptors (Lipinski definition) is 4. The van der Waals surface area contributed by atoms with E-state index in [9.17, 15) is 14.7 Å². The van der Waals surface area contributed by atoms with Crippen molar-refractivity contribution in [1.82, 2.24) is 0 Å². The molecule has 5 aliphatic rings. The highest BCUT2D eigenvalue weighted by Crippen LogP contribution is 2.67. The first-order chi connectivity index (χ1) is 12.8. The molecule has 0 spiro atoms. The van der Waals surface area contributed by atoms with Gasteiger partial charge < -0.3 is 9.84 Å². The van der Waals surface area contributed by atoms with Crippen molar-refractivity contribution in [3.05, 3.63) is 23.8 Å². The monoisotopic (exact) mass is 370 g/mol. The van der Waals surface area contributed by atoms with Gasteiger partial charge in [-0.3, -0.25) is 4.79 Å². The second-order valence-electron chi connectivity index (χ2n) is 10.0. The van der Waals surface area contributed by atoms with Crippen LogP contribution >= 0.6 is 0 Å². The van der Waals surface area contributed by atoms with E-state index in [4.69, 9.17) is 4.74 Å². The molecule has 1 aliphatic heterocycles. The number of fused-ring (bicyclic) bond motifs is 5. The van der Waals surface area contributed by atoms with E-state index in [0.717, 1.165) is 56.1 Å². The Morgan fingerprint density at radius 1 is 1.19 bits per heavy atom. The number of carbonyl (C=O) groups excluding carboxylic acids is 2. The fraction of sp³-hybridized carbons (Fsp3) is 0.739. The molecule has 4 nitrogen and oxygen atoms in total. The summed E-state index contributed by atoms with van der Waals surface area (Å²) in [6.45, 7) is 7.19. The summed E-state index contributed by atoms with van der Waals surface area (Å²) in [6, 6.07) is 0. The average Bonchev–Trinajstić information content (AvgIpc) is 3.18. The summed E-state index contributed by atoms with van der Waals surface area (Å²) in [5.41, 5.74) is 1.66. The van der Waals surface area contributed by atoms with Gasteiger partial charge in [-0.15, -0.1) is 0 Å². The van der Waals surface area contributed by atoms with Gasteiger partial charge in [-0.1, -0.05) is 19.1 Å². The molecular formula is C23H30O4. The first-order valence-electron chi connectivity index (χ1n) is 10.6. The predicted octanol–water partition coefficient (Wildman–Crippen LogP) is 3.59. The van der Waals surface area contributed by atoms with Gasteiger partial charge >= 0.3 is 5.97 Å². The molecule has 146 valence electrons. The van der Waals surface area contributed by atoms with E-state index < -0.39 is 5.60 Å². The quantitative estimate of drug-likeness (QED) is 0.566. The lowest BCUT2D eigenvalue weighted by Crippen LogP contribution is -2.51. The molecule has 27 heavy (non-hydrogen) atoms. The largest absolute Gasteiger partial charge is 0.458 e. The van der Waals surface area contributed by atoms with E-state index in [1.807, 2.05) is 0 Å². The molecule has 7 unspecified atom stereocenters. The van der Waals surface area contributed by atoms with E-state index in [2.05, 4.69) is 13.5 Å². The molecule has 5 rings (SSSR count). The van der Waals surface area contributed by atoms with Crippen LogP contribution in [0.1, 0.15) is 58.3 Å². The van der Waals surface area contributed by atoms with E-state index in [1.54, 1.807) is 6.08 Å². The molecule has 0 amide bonds. The molecule has 0 aromatic carbocycles. The molecule has 1 N–H and O–H groups in total. The molecule has 0 aromatic heterocycles.